The van der Waals surface area contributed by atoms with Crippen LogP contribution in [-0.4, -0.2) is 17.4 Å². The molecule has 6 heteroatoms. The predicted molar refractivity (Wildman–Crippen MR) is 90.9 cm³/mol. The number of nitro groups is 1. The third-order valence-electron chi connectivity index (χ3n) is 3.53. The van der Waals surface area contributed by atoms with Crippen LogP contribution in [0.4, 0.5) is 17.1 Å². The second-order valence-electron chi connectivity index (χ2n) is 5.48. The van der Waals surface area contributed by atoms with E-state index in [-0.39, 0.29) is 18.1 Å². The summed E-state index contributed by atoms with van der Waals surface area (Å²) in [5.74, 6) is -0.206. The number of benzene rings is 2. The highest BCUT2D eigenvalue weighted by Crippen LogP contribution is 2.21. The van der Waals surface area contributed by atoms with E-state index in [0.29, 0.717) is 5.69 Å². The highest BCUT2D eigenvalue weighted by molar-refractivity contribution is 5.94. The molecule has 0 radical (unpaired) electrons. The second kappa shape index (κ2) is 6.91. The number of carbonyl (C=O) groups is 1. The van der Waals surface area contributed by atoms with Crippen molar-refractivity contribution in [2.45, 2.75) is 20.8 Å². The summed E-state index contributed by atoms with van der Waals surface area (Å²) in [6, 6.07) is 10.3. The minimum atomic E-state index is -0.458. The Bertz CT molecular complexity index is 757. The monoisotopic (exact) mass is 313 g/mol. The first-order valence-corrected chi connectivity index (χ1v) is 7.23. The number of non-ortho nitro benzene ring substituents is 1. The van der Waals surface area contributed by atoms with Gasteiger partial charge in [-0.25, -0.2) is 0 Å². The van der Waals surface area contributed by atoms with Gasteiger partial charge in [-0.15, -0.1) is 0 Å². The second-order valence-corrected chi connectivity index (χ2v) is 5.48. The summed E-state index contributed by atoms with van der Waals surface area (Å²) in [6.07, 6.45) is 0. The average Bonchev–Trinajstić information content (AvgIpc) is 2.49. The van der Waals surface area contributed by atoms with Gasteiger partial charge in [0.15, 0.2) is 0 Å². The van der Waals surface area contributed by atoms with Gasteiger partial charge in [0, 0.05) is 23.5 Å². The Morgan fingerprint density at radius 1 is 1.04 bits per heavy atom. The zero-order chi connectivity index (χ0) is 17.0. The van der Waals surface area contributed by atoms with E-state index in [1.54, 1.807) is 6.07 Å². The molecule has 0 fully saturated rings. The third kappa shape index (κ3) is 4.29. The van der Waals surface area contributed by atoms with E-state index >= 15 is 0 Å². The van der Waals surface area contributed by atoms with Crippen LogP contribution in [0.1, 0.15) is 16.7 Å². The number of nitrogens with zero attached hydrogens (tertiary/aromatic N) is 1. The molecular formula is C17H19N3O3. The number of rotatable bonds is 5. The molecular weight excluding hydrogens is 294 g/mol. The summed E-state index contributed by atoms with van der Waals surface area (Å²) in [7, 11) is 0. The van der Waals surface area contributed by atoms with Gasteiger partial charge in [0.2, 0.25) is 5.91 Å². The molecule has 0 aliphatic rings. The number of nitro benzene ring substituents is 1. The maximum atomic E-state index is 12.0. The van der Waals surface area contributed by atoms with Gasteiger partial charge >= 0.3 is 0 Å². The summed E-state index contributed by atoms with van der Waals surface area (Å²) in [5, 5.41) is 16.6. The Morgan fingerprint density at radius 2 is 1.78 bits per heavy atom. The number of hydrogen-bond acceptors (Lipinski definition) is 4. The largest absolute Gasteiger partial charge is 0.376 e. The average molecular weight is 313 g/mol. The Hall–Kier alpha value is -2.89. The van der Waals surface area contributed by atoms with Crippen molar-refractivity contribution in [3.05, 3.63) is 63.2 Å². The molecule has 120 valence electrons. The van der Waals surface area contributed by atoms with Crippen molar-refractivity contribution in [3.63, 3.8) is 0 Å². The van der Waals surface area contributed by atoms with Crippen LogP contribution in [-0.2, 0) is 4.79 Å². The van der Waals surface area contributed by atoms with E-state index in [1.807, 2.05) is 39.0 Å². The molecule has 0 aliphatic carbocycles. The Kier molecular flexibility index (Phi) is 4.95. The molecule has 2 N–H and O–H groups in total. The van der Waals surface area contributed by atoms with Crippen LogP contribution in [0.15, 0.2) is 36.4 Å². The molecule has 0 saturated heterocycles. The van der Waals surface area contributed by atoms with Crippen LogP contribution in [0.25, 0.3) is 0 Å². The van der Waals surface area contributed by atoms with E-state index < -0.39 is 4.92 Å². The Morgan fingerprint density at radius 3 is 2.43 bits per heavy atom. The van der Waals surface area contributed by atoms with E-state index in [1.165, 1.54) is 12.1 Å². The van der Waals surface area contributed by atoms with Gasteiger partial charge in [0.25, 0.3) is 5.69 Å². The van der Waals surface area contributed by atoms with Gasteiger partial charge < -0.3 is 10.6 Å². The maximum Gasteiger partial charge on any atom is 0.271 e. The lowest BCUT2D eigenvalue weighted by molar-refractivity contribution is -0.384. The SMILES string of the molecule is Cc1ccc(NC(=O)CNc2cc([N+](=O)[O-])ccc2C)c(C)c1. The van der Waals surface area contributed by atoms with Crippen LogP contribution >= 0.6 is 0 Å². The van der Waals surface area contributed by atoms with Crippen molar-refractivity contribution in [1.29, 1.82) is 0 Å². The first-order chi connectivity index (χ1) is 10.9. The molecule has 0 aromatic heterocycles. The van der Waals surface area contributed by atoms with Crippen molar-refractivity contribution >= 4 is 23.0 Å². The molecule has 0 aliphatic heterocycles. The quantitative estimate of drug-likeness (QED) is 0.653. The molecule has 2 rings (SSSR count). The summed E-state index contributed by atoms with van der Waals surface area (Å²) in [5.41, 5.74) is 4.30. The topological polar surface area (TPSA) is 84.3 Å². The summed E-state index contributed by atoms with van der Waals surface area (Å²) in [6.45, 7) is 5.79. The zero-order valence-corrected chi connectivity index (χ0v) is 13.3. The molecule has 0 bridgehead atoms. The van der Waals surface area contributed by atoms with E-state index in [4.69, 9.17) is 0 Å². The highest BCUT2D eigenvalue weighted by atomic mass is 16.6. The van der Waals surface area contributed by atoms with Gasteiger partial charge in [0.1, 0.15) is 0 Å². The molecule has 23 heavy (non-hydrogen) atoms. The third-order valence-corrected chi connectivity index (χ3v) is 3.53. The number of hydrogen-bond donors (Lipinski definition) is 2. The van der Waals surface area contributed by atoms with Crippen molar-refractivity contribution in [2.24, 2.45) is 0 Å². The number of carbonyl (C=O) groups excluding carboxylic acids is 1. The van der Waals surface area contributed by atoms with Crippen LogP contribution < -0.4 is 10.6 Å². The number of amides is 1. The van der Waals surface area contributed by atoms with Gasteiger partial charge in [-0.2, -0.15) is 0 Å². The molecule has 2 aromatic rings. The Balaban J connectivity index is 2.02. The lowest BCUT2D eigenvalue weighted by atomic mass is 10.1. The Labute approximate surface area is 134 Å². The first kappa shape index (κ1) is 16.5. The van der Waals surface area contributed by atoms with Gasteiger partial charge in [0.05, 0.1) is 11.5 Å². The van der Waals surface area contributed by atoms with Crippen molar-refractivity contribution in [2.75, 3.05) is 17.2 Å². The number of anilines is 2. The van der Waals surface area contributed by atoms with Gasteiger partial charge in [-0.05, 0) is 38.0 Å². The molecule has 0 heterocycles. The molecule has 0 unspecified atom stereocenters. The van der Waals surface area contributed by atoms with Gasteiger partial charge in [-0.3, -0.25) is 14.9 Å². The fraction of sp³-hybridized carbons (Fsp3) is 0.235. The minimum absolute atomic E-state index is 0.00659. The number of aryl methyl sites for hydroxylation is 3. The van der Waals surface area contributed by atoms with Gasteiger partial charge in [-0.1, -0.05) is 23.8 Å². The summed E-state index contributed by atoms with van der Waals surface area (Å²) >= 11 is 0. The first-order valence-electron chi connectivity index (χ1n) is 7.23. The van der Waals surface area contributed by atoms with Crippen molar-refractivity contribution in [3.8, 4) is 0 Å². The fourth-order valence-corrected chi connectivity index (χ4v) is 2.24. The molecule has 6 nitrogen and oxygen atoms in total. The smallest absolute Gasteiger partial charge is 0.271 e. The maximum absolute atomic E-state index is 12.0. The number of nitrogens with one attached hydrogen (secondary N) is 2. The normalized spacial score (nSPS) is 10.2. The van der Waals surface area contributed by atoms with Crippen molar-refractivity contribution < 1.29 is 9.72 Å². The molecule has 0 spiro atoms. The van der Waals surface area contributed by atoms with E-state index in [2.05, 4.69) is 10.6 Å². The molecule has 0 atom stereocenters. The van der Waals surface area contributed by atoms with E-state index in [9.17, 15) is 14.9 Å². The van der Waals surface area contributed by atoms with E-state index in [0.717, 1.165) is 22.4 Å². The minimum Gasteiger partial charge on any atom is -0.376 e. The van der Waals surface area contributed by atoms with Crippen LogP contribution in [0, 0.1) is 30.9 Å². The summed E-state index contributed by atoms with van der Waals surface area (Å²) < 4.78 is 0. The van der Waals surface area contributed by atoms with Crippen LogP contribution in [0.3, 0.4) is 0 Å². The fourth-order valence-electron chi connectivity index (χ4n) is 2.24. The predicted octanol–water partition coefficient (Wildman–Crippen LogP) is 3.57. The summed E-state index contributed by atoms with van der Waals surface area (Å²) in [4.78, 5) is 22.4. The lowest BCUT2D eigenvalue weighted by Crippen LogP contribution is -2.22. The van der Waals surface area contributed by atoms with Crippen LogP contribution in [0.5, 0.6) is 0 Å². The van der Waals surface area contributed by atoms with Crippen molar-refractivity contribution in [1.82, 2.24) is 0 Å². The molecule has 2 aromatic carbocycles. The zero-order valence-electron chi connectivity index (χ0n) is 13.3. The standard InChI is InChI=1S/C17H19N3O3/c1-11-4-7-15(13(3)8-11)19-17(21)10-18-16-9-14(20(22)23)6-5-12(16)2/h4-9,18H,10H2,1-3H3,(H,19,21). The van der Waals surface area contributed by atoms with Crippen LogP contribution in [0.2, 0.25) is 0 Å². The molecule has 0 saturated carbocycles. The highest BCUT2D eigenvalue weighted by Gasteiger charge is 2.10. The molecule has 1 amide bonds. The lowest BCUT2D eigenvalue weighted by Gasteiger charge is -2.11.